The van der Waals surface area contributed by atoms with E-state index in [2.05, 4.69) is 10.6 Å². The molecule has 25 heteroatoms. The number of esters is 5. The Morgan fingerprint density at radius 1 is 0.879 bits per heavy atom. The summed E-state index contributed by atoms with van der Waals surface area (Å²) in [5.41, 5.74) is 0. The van der Waals surface area contributed by atoms with E-state index in [-0.39, 0.29) is 6.42 Å². The average Bonchev–Trinajstić information content (AvgIpc) is 3.10. The molecule has 0 aromatic heterocycles. The Kier molecular flexibility index (Phi) is 18.7. The van der Waals surface area contributed by atoms with Crippen molar-refractivity contribution in [2.24, 2.45) is 0 Å². The first-order valence-corrected chi connectivity index (χ1v) is 17.5. The normalized spacial score (nSPS) is 28.1. The number of hydrogen-bond acceptors (Lipinski definition) is 19. The Bertz CT molecular complexity index is 1500. The molecule has 11 atom stereocenters. The number of nitrogens with one attached hydrogen (secondary N) is 3. The quantitative estimate of drug-likeness (QED) is 0.0544. The van der Waals surface area contributed by atoms with Crippen molar-refractivity contribution in [3.8, 4) is 0 Å². The number of carbonyl (C=O) groups is 8. The maximum Gasteiger partial charge on any atom is 0.471 e. The van der Waals surface area contributed by atoms with Gasteiger partial charge in [-0.15, -0.1) is 0 Å². The van der Waals surface area contributed by atoms with Gasteiger partial charge in [0.05, 0.1) is 32.8 Å². The fraction of sp³-hybridized carbons (Fsp3) is 0.758. The molecule has 2 rings (SSSR count). The maximum atomic E-state index is 14.0. The van der Waals surface area contributed by atoms with Crippen LogP contribution in [0, 0.1) is 0 Å². The van der Waals surface area contributed by atoms with Crippen molar-refractivity contribution in [1.29, 1.82) is 0 Å². The number of aliphatic hydroxyl groups is 2. The molecule has 2 heterocycles. The number of halogens is 3. The first-order chi connectivity index (χ1) is 27.0. The molecule has 0 aromatic rings. The Hall–Kier alpha value is -4.69. The van der Waals surface area contributed by atoms with Crippen molar-refractivity contribution in [2.45, 2.75) is 127 Å². The molecule has 2 aliphatic heterocycles. The average molecular weight is 848 g/mol. The molecule has 0 unspecified atom stereocenters. The van der Waals surface area contributed by atoms with Crippen molar-refractivity contribution < 1.29 is 104 Å². The standard InChI is InChI=1S/C33H48F3N3O19/c1-14(41)38-23-20(53-17(4)44)11-32(31(49)50-7,58-28(23)26(55-19(6)46)22(54-18(5)45)13-52-16(3)43)57-27-24(39-15(2)42)29(56-21(12-40)25(27)47)51-10-8-9-37-30(48)33(34,35)36/h20-29,40,47H,8-13H2,1-7H3,(H,37,48)(H,38,41)(H,39,42)/t20-,21+,22+,23+,24+,25-,26+,27+,28+,29-,32+/m0/s1. The van der Waals surface area contributed by atoms with Crippen LogP contribution in [0.4, 0.5) is 13.2 Å². The molecular formula is C33H48F3N3O19. The van der Waals surface area contributed by atoms with Crippen LogP contribution in [-0.4, -0.2) is 164 Å². The SMILES string of the molecule is COC(=O)[C@@]1(O[C@H]2[C@@H](O)[C@@H](CO)O[C@H](OCCCNC(=O)C(F)(F)F)[C@@H]2NC(C)=O)C[C@H](OC(C)=O)[C@@H](NC(C)=O)[C@H]([C@H](OC(C)=O)[C@@H](COC(C)=O)OC(C)=O)O1. The predicted molar refractivity (Wildman–Crippen MR) is 179 cm³/mol. The minimum absolute atomic E-state index is 0.258. The molecule has 2 saturated heterocycles. The first kappa shape index (κ1) is 49.5. The second kappa shape index (κ2) is 21.9. The summed E-state index contributed by atoms with van der Waals surface area (Å²) < 4.78 is 87.9. The molecule has 0 saturated carbocycles. The van der Waals surface area contributed by atoms with Crippen molar-refractivity contribution >= 4 is 47.6 Å². The van der Waals surface area contributed by atoms with E-state index < -0.39 is 153 Å². The van der Waals surface area contributed by atoms with Crippen molar-refractivity contribution in [1.82, 2.24) is 16.0 Å². The molecule has 3 amide bonds. The van der Waals surface area contributed by atoms with Crippen LogP contribution in [0.25, 0.3) is 0 Å². The Morgan fingerprint density at radius 3 is 1.98 bits per heavy atom. The van der Waals surface area contributed by atoms with Crippen LogP contribution < -0.4 is 16.0 Å². The van der Waals surface area contributed by atoms with E-state index in [9.17, 15) is 61.7 Å². The third-order valence-corrected chi connectivity index (χ3v) is 8.19. The lowest BCUT2D eigenvalue weighted by atomic mass is 9.87. The van der Waals surface area contributed by atoms with E-state index in [0.29, 0.717) is 0 Å². The highest BCUT2D eigenvalue weighted by Gasteiger charge is 2.62. The van der Waals surface area contributed by atoms with Crippen LogP contribution in [0.5, 0.6) is 0 Å². The minimum atomic E-state index is -5.16. The summed E-state index contributed by atoms with van der Waals surface area (Å²) in [5, 5.41) is 28.1. The van der Waals surface area contributed by atoms with Gasteiger partial charge in [0.25, 0.3) is 5.79 Å². The molecule has 0 bridgehead atoms. The van der Waals surface area contributed by atoms with Crippen molar-refractivity contribution in [3.63, 3.8) is 0 Å². The van der Waals surface area contributed by atoms with E-state index >= 15 is 0 Å². The number of methoxy groups -OCH3 is 1. The summed E-state index contributed by atoms with van der Waals surface area (Å²) in [6.07, 6.45) is -20.9. The Morgan fingerprint density at radius 2 is 1.48 bits per heavy atom. The number of ether oxygens (including phenoxy) is 9. The summed E-state index contributed by atoms with van der Waals surface area (Å²) >= 11 is 0. The molecule has 0 aliphatic carbocycles. The van der Waals surface area contributed by atoms with Gasteiger partial charge in [0, 0.05) is 48.1 Å². The van der Waals surface area contributed by atoms with Crippen LogP contribution >= 0.6 is 0 Å². The van der Waals surface area contributed by atoms with Crippen LogP contribution in [-0.2, 0) is 81.0 Å². The van der Waals surface area contributed by atoms with E-state index in [1.165, 1.54) is 0 Å². The molecule has 58 heavy (non-hydrogen) atoms. The van der Waals surface area contributed by atoms with Gasteiger partial charge >= 0.3 is 41.9 Å². The number of hydrogen-bond donors (Lipinski definition) is 5. The molecule has 22 nitrogen and oxygen atoms in total. The maximum absolute atomic E-state index is 14.0. The molecule has 2 aliphatic rings. The van der Waals surface area contributed by atoms with Crippen LogP contribution in [0.15, 0.2) is 0 Å². The predicted octanol–water partition coefficient (Wildman–Crippen LogP) is -2.44. The van der Waals surface area contributed by atoms with Crippen LogP contribution in [0.3, 0.4) is 0 Å². The van der Waals surface area contributed by atoms with Gasteiger partial charge in [-0.3, -0.25) is 33.6 Å². The lowest BCUT2D eigenvalue weighted by Gasteiger charge is -2.51. The lowest BCUT2D eigenvalue weighted by molar-refractivity contribution is -0.356. The topological polar surface area (TPSA) is 296 Å². The van der Waals surface area contributed by atoms with Gasteiger partial charge in [0.15, 0.2) is 18.5 Å². The number of alkyl halides is 3. The van der Waals surface area contributed by atoms with E-state index in [1.807, 2.05) is 0 Å². The van der Waals surface area contributed by atoms with Gasteiger partial charge < -0.3 is 68.8 Å². The highest BCUT2D eigenvalue weighted by Crippen LogP contribution is 2.40. The minimum Gasteiger partial charge on any atom is -0.465 e. The van der Waals surface area contributed by atoms with Gasteiger partial charge in [-0.1, -0.05) is 0 Å². The largest absolute Gasteiger partial charge is 0.471 e. The van der Waals surface area contributed by atoms with E-state index in [1.54, 1.807) is 5.32 Å². The fourth-order valence-corrected chi connectivity index (χ4v) is 6.05. The highest BCUT2D eigenvalue weighted by molar-refractivity contribution is 5.81. The van der Waals surface area contributed by atoms with E-state index in [0.717, 1.165) is 48.7 Å². The molecule has 0 spiro atoms. The molecule has 2 fully saturated rings. The number of aliphatic hydroxyl groups excluding tert-OH is 2. The number of amides is 3. The van der Waals surface area contributed by atoms with Gasteiger partial charge in [0.2, 0.25) is 11.8 Å². The molecule has 0 radical (unpaired) electrons. The van der Waals surface area contributed by atoms with Gasteiger partial charge in [-0.05, 0) is 6.42 Å². The number of carbonyl (C=O) groups excluding carboxylic acids is 8. The molecule has 0 aromatic carbocycles. The number of rotatable bonds is 18. The Labute approximate surface area is 328 Å². The second-order valence-corrected chi connectivity index (χ2v) is 12.9. The third kappa shape index (κ3) is 14.3. The van der Waals surface area contributed by atoms with E-state index in [4.69, 9.17) is 42.6 Å². The van der Waals surface area contributed by atoms with Gasteiger partial charge in [-0.2, -0.15) is 13.2 Å². The molecule has 5 N–H and O–H groups in total. The van der Waals surface area contributed by atoms with Crippen LogP contribution in [0.1, 0.15) is 54.4 Å². The van der Waals surface area contributed by atoms with Crippen LogP contribution in [0.2, 0.25) is 0 Å². The first-order valence-electron chi connectivity index (χ1n) is 17.5. The monoisotopic (exact) mass is 847 g/mol. The summed E-state index contributed by atoms with van der Waals surface area (Å²) in [6.45, 7) is 3.13. The zero-order valence-electron chi connectivity index (χ0n) is 32.5. The lowest BCUT2D eigenvalue weighted by Crippen LogP contribution is -2.72. The van der Waals surface area contributed by atoms with Gasteiger partial charge in [0.1, 0.15) is 43.2 Å². The summed E-state index contributed by atoms with van der Waals surface area (Å²) in [6, 6.07) is -3.25. The summed E-state index contributed by atoms with van der Waals surface area (Å²) in [7, 11) is 0.865. The zero-order chi connectivity index (χ0) is 44.1. The second-order valence-electron chi connectivity index (χ2n) is 12.9. The zero-order valence-corrected chi connectivity index (χ0v) is 32.5. The Balaban J connectivity index is 2.79. The molecule has 330 valence electrons. The van der Waals surface area contributed by atoms with Crippen molar-refractivity contribution in [3.05, 3.63) is 0 Å². The summed E-state index contributed by atoms with van der Waals surface area (Å²) in [4.78, 5) is 99.4. The van der Waals surface area contributed by atoms with Crippen molar-refractivity contribution in [2.75, 3.05) is 33.5 Å². The smallest absolute Gasteiger partial charge is 0.465 e. The third-order valence-electron chi connectivity index (χ3n) is 8.19. The van der Waals surface area contributed by atoms with Gasteiger partial charge in [-0.25, -0.2) is 4.79 Å². The highest BCUT2D eigenvalue weighted by atomic mass is 19.4. The molecular weight excluding hydrogens is 799 g/mol. The fourth-order valence-electron chi connectivity index (χ4n) is 6.05. The summed E-state index contributed by atoms with van der Waals surface area (Å²) in [5.74, 6) is -12.1.